The molecule has 4 N–H and O–H groups in total. The van der Waals surface area contributed by atoms with E-state index in [1.165, 1.54) is 0 Å². The van der Waals surface area contributed by atoms with Crippen LogP contribution in [0.5, 0.6) is 0 Å². The third-order valence-electron chi connectivity index (χ3n) is 6.19. The maximum atomic E-state index is 13.1. The first-order chi connectivity index (χ1) is 16.8. The Morgan fingerprint density at radius 2 is 1.83 bits per heavy atom. The number of anilines is 1. The van der Waals surface area contributed by atoms with Crippen molar-refractivity contribution >= 4 is 41.1 Å². The minimum atomic E-state index is -1.00. The average molecular weight is 485 g/mol. The van der Waals surface area contributed by atoms with Crippen molar-refractivity contribution in [3.8, 4) is 0 Å². The zero-order valence-electron chi connectivity index (χ0n) is 19.2. The number of piperidine rings is 1. The molecule has 12 heteroatoms. The van der Waals surface area contributed by atoms with Gasteiger partial charge >= 0.3 is 0 Å². The number of fused-ring (bicyclic) bond motifs is 1. The predicted molar refractivity (Wildman–Crippen MR) is 123 cm³/mol. The molecule has 0 spiro atoms. The topological polar surface area (TPSA) is 157 Å². The second-order valence-electron chi connectivity index (χ2n) is 8.72. The van der Waals surface area contributed by atoms with Gasteiger partial charge in [-0.2, -0.15) is 0 Å². The summed E-state index contributed by atoms with van der Waals surface area (Å²) < 4.78 is 0. The van der Waals surface area contributed by atoms with Crippen molar-refractivity contribution in [3.05, 3.63) is 29.3 Å². The van der Waals surface area contributed by atoms with Crippen LogP contribution in [0.15, 0.2) is 18.2 Å². The summed E-state index contributed by atoms with van der Waals surface area (Å²) in [6.07, 6.45) is 1.58. The summed E-state index contributed by atoms with van der Waals surface area (Å²) in [5.74, 6) is -2.37. The van der Waals surface area contributed by atoms with Crippen LogP contribution in [0.3, 0.4) is 0 Å². The van der Waals surface area contributed by atoms with E-state index in [-0.39, 0.29) is 48.9 Å². The third kappa shape index (κ3) is 5.48. The van der Waals surface area contributed by atoms with E-state index >= 15 is 0 Å². The molecule has 2 saturated heterocycles. The van der Waals surface area contributed by atoms with Gasteiger partial charge in [0.1, 0.15) is 6.04 Å². The van der Waals surface area contributed by atoms with Gasteiger partial charge in [-0.3, -0.25) is 43.9 Å². The number of piperazine rings is 1. The van der Waals surface area contributed by atoms with Crippen molar-refractivity contribution in [2.24, 2.45) is 0 Å². The minimum absolute atomic E-state index is 0.0683. The number of rotatable bonds is 9. The van der Waals surface area contributed by atoms with Gasteiger partial charge in [0.2, 0.25) is 23.6 Å². The van der Waals surface area contributed by atoms with Crippen molar-refractivity contribution in [3.63, 3.8) is 0 Å². The van der Waals surface area contributed by atoms with Crippen LogP contribution < -0.4 is 21.3 Å². The van der Waals surface area contributed by atoms with Gasteiger partial charge in [-0.05, 0) is 31.4 Å². The molecule has 0 aliphatic carbocycles. The fourth-order valence-corrected chi connectivity index (χ4v) is 4.45. The third-order valence-corrected chi connectivity index (χ3v) is 6.19. The number of imide groups is 2. The molecule has 1 aromatic carbocycles. The van der Waals surface area contributed by atoms with Crippen molar-refractivity contribution in [1.29, 1.82) is 0 Å². The van der Waals surface area contributed by atoms with Gasteiger partial charge in [-0.15, -0.1) is 0 Å². The van der Waals surface area contributed by atoms with Crippen LogP contribution in [0, 0.1) is 0 Å². The monoisotopic (exact) mass is 484 g/mol. The van der Waals surface area contributed by atoms with Crippen LogP contribution in [0.4, 0.5) is 5.69 Å². The van der Waals surface area contributed by atoms with Crippen LogP contribution in [0.2, 0.25) is 0 Å². The Morgan fingerprint density at radius 1 is 1.03 bits per heavy atom. The van der Waals surface area contributed by atoms with Crippen LogP contribution in [-0.4, -0.2) is 90.6 Å². The lowest BCUT2D eigenvalue weighted by molar-refractivity contribution is -0.136. The average Bonchev–Trinajstić information content (AvgIpc) is 3.07. The maximum absolute atomic E-state index is 13.1. The first kappa shape index (κ1) is 24.3. The van der Waals surface area contributed by atoms with Gasteiger partial charge in [0, 0.05) is 38.3 Å². The molecule has 35 heavy (non-hydrogen) atoms. The van der Waals surface area contributed by atoms with E-state index in [1.54, 1.807) is 23.1 Å². The zero-order chi connectivity index (χ0) is 24.9. The second kappa shape index (κ2) is 10.6. The Kier molecular flexibility index (Phi) is 7.39. The molecular formula is C23H28N6O6. The van der Waals surface area contributed by atoms with Gasteiger partial charge in [-0.25, -0.2) is 0 Å². The smallest absolute Gasteiger partial charge is 0.264 e. The molecule has 0 radical (unpaired) electrons. The maximum Gasteiger partial charge on any atom is 0.264 e. The highest BCUT2D eigenvalue weighted by Gasteiger charge is 2.45. The van der Waals surface area contributed by atoms with E-state index < -0.39 is 29.7 Å². The number of nitrogens with one attached hydrogen (secondary N) is 4. The van der Waals surface area contributed by atoms with Gasteiger partial charge in [0.05, 0.1) is 24.2 Å². The quantitative estimate of drug-likeness (QED) is 0.252. The molecule has 186 valence electrons. The molecule has 1 aromatic rings. The Hall–Kier alpha value is -3.80. The molecule has 1 unspecified atom stereocenters. The lowest BCUT2D eigenvalue weighted by atomic mass is 10.0. The van der Waals surface area contributed by atoms with Gasteiger partial charge in [0.15, 0.2) is 0 Å². The number of carbonyl (C=O) groups is 6. The normalized spacial score (nSPS) is 20.4. The summed E-state index contributed by atoms with van der Waals surface area (Å²) in [6.45, 7) is 2.59. The Morgan fingerprint density at radius 3 is 2.60 bits per heavy atom. The molecular weight excluding hydrogens is 456 g/mol. The fraction of sp³-hybridized carbons (Fsp3) is 0.478. The lowest BCUT2D eigenvalue weighted by Gasteiger charge is -2.27. The number of hydrogen-bond donors (Lipinski definition) is 4. The lowest BCUT2D eigenvalue weighted by Crippen LogP contribution is -2.54. The summed E-state index contributed by atoms with van der Waals surface area (Å²) >= 11 is 0. The summed E-state index contributed by atoms with van der Waals surface area (Å²) in [4.78, 5) is 75.8. The zero-order valence-corrected chi connectivity index (χ0v) is 19.2. The number of amides is 6. The molecule has 0 aromatic heterocycles. The molecule has 3 aliphatic rings. The molecule has 2 fully saturated rings. The molecule has 3 aliphatic heterocycles. The van der Waals surface area contributed by atoms with Gasteiger partial charge < -0.3 is 16.0 Å². The molecule has 3 heterocycles. The van der Waals surface area contributed by atoms with E-state index in [0.29, 0.717) is 44.7 Å². The van der Waals surface area contributed by atoms with Crippen LogP contribution in [0.25, 0.3) is 0 Å². The summed E-state index contributed by atoms with van der Waals surface area (Å²) in [7, 11) is 0. The van der Waals surface area contributed by atoms with Crippen LogP contribution in [-0.2, 0) is 19.2 Å². The van der Waals surface area contributed by atoms with Crippen LogP contribution in [0.1, 0.15) is 46.4 Å². The molecule has 4 rings (SSSR count). The number of hydrogen-bond acceptors (Lipinski definition) is 8. The number of benzene rings is 1. The highest BCUT2D eigenvalue weighted by molar-refractivity contribution is 6.25. The summed E-state index contributed by atoms with van der Waals surface area (Å²) in [6, 6.07) is 3.92. The second-order valence-corrected chi connectivity index (χ2v) is 8.72. The highest BCUT2D eigenvalue weighted by Crippen LogP contribution is 2.32. The SMILES string of the molecule is O=C(CN1CCNC(=O)C1)NCCCCNc1cccc2c1C(=O)N(C1CCC(=O)NC1=O)C2=O. The Balaban J connectivity index is 1.25. The van der Waals surface area contributed by atoms with Crippen molar-refractivity contribution in [2.45, 2.75) is 31.7 Å². The molecule has 0 bridgehead atoms. The Labute approximate surface area is 201 Å². The van der Waals surface area contributed by atoms with E-state index in [1.807, 2.05) is 0 Å². The summed E-state index contributed by atoms with van der Waals surface area (Å²) in [5.41, 5.74) is 0.951. The Bertz CT molecular complexity index is 1070. The van der Waals surface area contributed by atoms with Crippen molar-refractivity contribution in [2.75, 3.05) is 44.6 Å². The van der Waals surface area contributed by atoms with Crippen LogP contribution >= 0.6 is 0 Å². The van der Waals surface area contributed by atoms with E-state index in [0.717, 1.165) is 4.90 Å². The molecule has 1 atom stereocenters. The first-order valence-corrected chi connectivity index (χ1v) is 11.7. The van der Waals surface area contributed by atoms with Gasteiger partial charge in [0.25, 0.3) is 11.8 Å². The predicted octanol–water partition coefficient (Wildman–Crippen LogP) is -1.17. The largest absolute Gasteiger partial charge is 0.384 e. The minimum Gasteiger partial charge on any atom is -0.384 e. The van der Waals surface area contributed by atoms with Gasteiger partial charge in [-0.1, -0.05) is 6.07 Å². The number of carbonyl (C=O) groups excluding carboxylic acids is 6. The van der Waals surface area contributed by atoms with E-state index in [4.69, 9.17) is 0 Å². The summed E-state index contributed by atoms with van der Waals surface area (Å²) in [5, 5.41) is 10.9. The fourth-order valence-electron chi connectivity index (χ4n) is 4.45. The van der Waals surface area contributed by atoms with E-state index in [9.17, 15) is 28.8 Å². The molecule has 0 saturated carbocycles. The standard InChI is InChI=1S/C23H28N6O6/c30-17-7-6-16(21(33)27-17)29-22(34)14-4-3-5-15(20(14)23(29)35)24-8-1-2-9-25-18(31)12-28-11-10-26-19(32)13-28/h3-5,16,24H,1-2,6-13H2,(H,25,31)(H,26,32)(H,27,30,33). The number of nitrogens with zero attached hydrogens (tertiary/aromatic N) is 2. The van der Waals surface area contributed by atoms with Crippen molar-refractivity contribution in [1.82, 2.24) is 25.8 Å². The number of unbranched alkanes of at least 4 members (excludes halogenated alkanes) is 1. The molecule has 6 amide bonds. The first-order valence-electron chi connectivity index (χ1n) is 11.7. The molecule has 12 nitrogen and oxygen atoms in total. The van der Waals surface area contributed by atoms with E-state index in [2.05, 4.69) is 21.3 Å². The highest BCUT2D eigenvalue weighted by atomic mass is 16.2. The van der Waals surface area contributed by atoms with Crippen molar-refractivity contribution < 1.29 is 28.8 Å².